The van der Waals surface area contributed by atoms with Gasteiger partial charge in [-0.3, -0.25) is 0 Å². The molecule has 3 nitrogen and oxygen atoms in total. The van der Waals surface area contributed by atoms with Crippen LogP contribution < -0.4 is 0 Å². The van der Waals surface area contributed by atoms with Crippen molar-refractivity contribution in [2.24, 2.45) is 0 Å². The van der Waals surface area contributed by atoms with Crippen molar-refractivity contribution in [3.05, 3.63) is 35.3 Å². The monoisotopic (exact) mass is 214 g/mol. The van der Waals surface area contributed by atoms with Crippen LogP contribution in [0.25, 0.3) is 0 Å². The summed E-state index contributed by atoms with van der Waals surface area (Å²) in [6.45, 7) is 5.28. The normalized spacial score (nSPS) is 14.9. The van der Waals surface area contributed by atoms with Crippen molar-refractivity contribution in [3.8, 4) is 0 Å². The molecule has 0 aromatic carbocycles. The number of allylic oxidation sites excluding steroid dienone is 2. The first kappa shape index (κ1) is 13.0. The van der Waals surface area contributed by atoms with Gasteiger partial charge in [0.25, 0.3) is 0 Å². The summed E-state index contributed by atoms with van der Waals surface area (Å²) in [5, 5.41) is 9.45. The van der Waals surface area contributed by atoms with Gasteiger partial charge in [0.1, 0.15) is 0 Å². The van der Waals surface area contributed by atoms with Crippen LogP contribution in [0, 0.1) is 0 Å². The van der Waals surface area contributed by atoms with Crippen molar-refractivity contribution in [1.29, 1.82) is 0 Å². The maximum atomic E-state index is 11.0. The number of aliphatic hydroxyl groups excluding tert-OH is 1. The van der Waals surface area contributed by atoms with Crippen LogP contribution >= 0.6 is 12.6 Å². The standard InChI is InChI=1S/C10H14O3S/c1-4-7(6-8(14)5-2)9(11)10(12)13-3/h4-6,9,11,14H,1H2,2-3H3/b7-6+,8-5+. The van der Waals surface area contributed by atoms with Crippen LogP contribution in [0.1, 0.15) is 6.92 Å². The molecule has 78 valence electrons. The van der Waals surface area contributed by atoms with Crippen LogP contribution in [-0.2, 0) is 9.53 Å². The van der Waals surface area contributed by atoms with Crippen LogP contribution in [0.5, 0.6) is 0 Å². The molecular formula is C10H14O3S. The average molecular weight is 214 g/mol. The van der Waals surface area contributed by atoms with E-state index in [0.29, 0.717) is 10.5 Å². The highest BCUT2D eigenvalue weighted by Crippen LogP contribution is 2.12. The van der Waals surface area contributed by atoms with Crippen LogP contribution in [-0.4, -0.2) is 24.3 Å². The lowest BCUT2D eigenvalue weighted by atomic mass is 10.1. The lowest BCUT2D eigenvalue weighted by Gasteiger charge is -2.08. The van der Waals surface area contributed by atoms with Gasteiger partial charge in [-0.1, -0.05) is 18.7 Å². The average Bonchev–Trinajstić information content (AvgIpc) is 2.23. The molecule has 0 bridgehead atoms. The van der Waals surface area contributed by atoms with Crippen molar-refractivity contribution >= 4 is 18.6 Å². The third kappa shape index (κ3) is 3.81. The largest absolute Gasteiger partial charge is 0.467 e. The van der Waals surface area contributed by atoms with Gasteiger partial charge in [0.15, 0.2) is 6.10 Å². The van der Waals surface area contributed by atoms with E-state index in [9.17, 15) is 9.90 Å². The van der Waals surface area contributed by atoms with Crippen molar-refractivity contribution in [2.75, 3.05) is 7.11 Å². The van der Waals surface area contributed by atoms with Crippen molar-refractivity contribution in [1.82, 2.24) is 0 Å². The molecule has 0 radical (unpaired) electrons. The number of esters is 1. The predicted octanol–water partition coefficient (Wildman–Crippen LogP) is 1.47. The molecule has 14 heavy (non-hydrogen) atoms. The Bertz CT molecular complexity index is 279. The molecule has 0 fully saturated rings. The second-order valence-electron chi connectivity index (χ2n) is 2.49. The number of carbonyl (C=O) groups is 1. The number of hydrogen-bond acceptors (Lipinski definition) is 4. The quantitative estimate of drug-likeness (QED) is 0.423. The molecule has 4 heteroatoms. The summed E-state index contributed by atoms with van der Waals surface area (Å²) in [6.07, 6.45) is 3.37. The van der Waals surface area contributed by atoms with Gasteiger partial charge in [-0.2, -0.15) is 0 Å². The van der Waals surface area contributed by atoms with Gasteiger partial charge in [0.2, 0.25) is 0 Å². The third-order valence-electron chi connectivity index (χ3n) is 1.59. The lowest BCUT2D eigenvalue weighted by molar-refractivity contribution is -0.148. The number of aliphatic hydroxyl groups is 1. The summed E-state index contributed by atoms with van der Waals surface area (Å²) in [5.41, 5.74) is 0.361. The number of rotatable bonds is 4. The summed E-state index contributed by atoms with van der Waals surface area (Å²) in [7, 11) is 1.21. The molecule has 1 N–H and O–H groups in total. The summed E-state index contributed by atoms with van der Waals surface area (Å²) >= 11 is 4.09. The molecule has 0 heterocycles. The van der Waals surface area contributed by atoms with E-state index >= 15 is 0 Å². The summed E-state index contributed by atoms with van der Waals surface area (Å²) in [6, 6.07) is 0. The maximum Gasteiger partial charge on any atom is 0.339 e. The van der Waals surface area contributed by atoms with E-state index in [1.807, 2.05) is 0 Å². The number of carbonyl (C=O) groups excluding carboxylic acids is 1. The Morgan fingerprint density at radius 1 is 1.64 bits per heavy atom. The zero-order chi connectivity index (χ0) is 11.1. The Morgan fingerprint density at radius 3 is 2.57 bits per heavy atom. The van der Waals surface area contributed by atoms with Crippen LogP contribution in [0.3, 0.4) is 0 Å². The Balaban J connectivity index is 4.81. The van der Waals surface area contributed by atoms with E-state index < -0.39 is 12.1 Å². The number of thiol groups is 1. The van der Waals surface area contributed by atoms with Gasteiger partial charge < -0.3 is 9.84 Å². The minimum Gasteiger partial charge on any atom is -0.467 e. The fraction of sp³-hybridized carbons (Fsp3) is 0.300. The highest BCUT2D eigenvalue weighted by atomic mass is 32.1. The highest BCUT2D eigenvalue weighted by molar-refractivity contribution is 7.84. The molecule has 0 aromatic heterocycles. The van der Waals surface area contributed by atoms with Gasteiger partial charge in [-0.25, -0.2) is 4.79 Å². The van der Waals surface area contributed by atoms with Crippen LogP contribution in [0.15, 0.2) is 35.3 Å². The Kier molecular flexibility index (Phi) is 5.99. The smallest absolute Gasteiger partial charge is 0.339 e. The molecule has 0 rings (SSSR count). The molecule has 0 aliphatic carbocycles. The van der Waals surface area contributed by atoms with Gasteiger partial charge in [-0.15, -0.1) is 12.6 Å². The molecule has 0 saturated heterocycles. The second kappa shape index (κ2) is 6.45. The van der Waals surface area contributed by atoms with E-state index in [4.69, 9.17) is 0 Å². The summed E-state index contributed by atoms with van der Waals surface area (Å²) < 4.78 is 4.39. The fourth-order valence-corrected chi connectivity index (χ4v) is 0.900. The zero-order valence-corrected chi connectivity index (χ0v) is 9.12. The first-order valence-corrected chi connectivity index (χ1v) is 4.46. The zero-order valence-electron chi connectivity index (χ0n) is 8.23. The molecule has 0 spiro atoms. The Hall–Kier alpha value is -1.00. The third-order valence-corrected chi connectivity index (χ3v) is 1.97. The predicted molar refractivity (Wildman–Crippen MR) is 59.0 cm³/mol. The van der Waals surface area contributed by atoms with Crippen LogP contribution in [0.4, 0.5) is 0 Å². The molecule has 0 amide bonds. The lowest BCUT2D eigenvalue weighted by Crippen LogP contribution is -2.23. The maximum absolute atomic E-state index is 11.0. The summed E-state index contributed by atoms with van der Waals surface area (Å²) in [5.74, 6) is -0.714. The molecule has 0 aliphatic heterocycles. The van der Waals surface area contributed by atoms with Gasteiger partial charge in [-0.05, 0) is 18.6 Å². The minimum absolute atomic E-state index is 0.361. The van der Waals surface area contributed by atoms with E-state index in [0.717, 1.165) is 0 Å². The number of methoxy groups -OCH3 is 1. The van der Waals surface area contributed by atoms with E-state index in [1.165, 1.54) is 13.2 Å². The first-order chi connectivity index (χ1) is 6.56. The topological polar surface area (TPSA) is 46.5 Å². The second-order valence-corrected chi connectivity index (χ2v) is 3.00. The molecule has 1 atom stereocenters. The molecule has 0 aromatic rings. The highest BCUT2D eigenvalue weighted by Gasteiger charge is 2.18. The van der Waals surface area contributed by atoms with Crippen molar-refractivity contribution in [2.45, 2.75) is 13.0 Å². The van der Waals surface area contributed by atoms with E-state index in [2.05, 4.69) is 23.9 Å². The minimum atomic E-state index is -1.31. The molecular weight excluding hydrogens is 200 g/mol. The van der Waals surface area contributed by atoms with Gasteiger partial charge in [0, 0.05) is 4.91 Å². The summed E-state index contributed by atoms with van der Waals surface area (Å²) in [4.78, 5) is 11.6. The van der Waals surface area contributed by atoms with E-state index in [1.54, 1.807) is 19.1 Å². The fourth-order valence-electron chi connectivity index (χ4n) is 0.751. The van der Waals surface area contributed by atoms with Gasteiger partial charge >= 0.3 is 5.97 Å². The van der Waals surface area contributed by atoms with Crippen molar-refractivity contribution in [3.63, 3.8) is 0 Å². The first-order valence-electron chi connectivity index (χ1n) is 4.02. The number of ether oxygens (including phenoxy) is 1. The van der Waals surface area contributed by atoms with Crippen LogP contribution in [0.2, 0.25) is 0 Å². The molecule has 0 aliphatic rings. The Morgan fingerprint density at radius 2 is 2.21 bits per heavy atom. The molecule has 1 unspecified atom stereocenters. The van der Waals surface area contributed by atoms with E-state index in [-0.39, 0.29) is 0 Å². The Labute approximate surface area is 89.2 Å². The van der Waals surface area contributed by atoms with Gasteiger partial charge in [0.05, 0.1) is 7.11 Å². The molecule has 0 saturated carbocycles. The SMILES string of the molecule is C=C/C(=C\C(S)=C/C)C(O)C(=O)OC. The number of hydrogen-bond donors (Lipinski definition) is 2. The van der Waals surface area contributed by atoms with Crippen molar-refractivity contribution < 1.29 is 14.6 Å².